The molecule has 6 saturated heterocycles. The van der Waals surface area contributed by atoms with Crippen molar-refractivity contribution in [1.82, 2.24) is 43.4 Å². The van der Waals surface area contributed by atoms with Crippen LogP contribution in [0.1, 0.15) is 289 Å². The Bertz CT molecular complexity index is 5020. The normalized spacial score (nSPS) is 23.6. The van der Waals surface area contributed by atoms with Crippen molar-refractivity contribution in [3.63, 3.8) is 0 Å². The van der Waals surface area contributed by atoms with Crippen molar-refractivity contribution in [3.8, 4) is 0 Å². The summed E-state index contributed by atoms with van der Waals surface area (Å²) in [5, 5.41) is 9.28. The van der Waals surface area contributed by atoms with E-state index >= 15 is 0 Å². The fourth-order valence-electron chi connectivity index (χ4n) is 22.3. The minimum atomic E-state index is -0.926. The molecule has 636 valence electrons. The fraction of sp³-hybridized carbons (Fsp3) is 0.536. The number of aryl methyl sites for hydroxylation is 4. The average Bonchev–Trinajstić information content (AvgIpc) is 1.43. The second-order valence-electron chi connectivity index (χ2n) is 35.0. The van der Waals surface area contributed by atoms with Crippen LogP contribution in [0.3, 0.4) is 0 Å². The van der Waals surface area contributed by atoms with Crippen LogP contribution in [0.4, 0.5) is 0 Å². The maximum Gasteiger partial charge on any atom is 1.00 e. The van der Waals surface area contributed by atoms with E-state index in [9.17, 15) is 33.9 Å². The molecule has 120 heavy (non-hydrogen) atoms. The molecule has 0 amide bonds. The number of para-hydroxylation sites is 6. The third kappa shape index (κ3) is 21.5. The van der Waals surface area contributed by atoms with Gasteiger partial charge in [0.15, 0.2) is 5.15 Å². The standard InChI is InChI=1S/C33H41N3O3.C32H39N3O3.C23H30ClN3O.C9H11NO2.ClH.Na.H2O/c1-39-33(38)24-16-13-23(14-17-24)15-20-30-32(37)36(31-12-8-7-11-29(31)34-30)28-21-26-18-19-27(22-28)35(26)25-9-5-3-2-4-6-10-25;36-31-29(19-14-22-12-15-23(16-13-22)32(37)38)33-28-10-6-7-11-30(28)35(31)27-20-25-17-18-26(21-27)34(25)24-8-4-2-1-3-5-9-24;24-22-23(28)27(21-11-7-6-10-20(21)25-22)19-14-17-12-13-18(15-19)26(17)16-8-4-2-1-3-5-9-16;1-12-9(11)8-4-2-7(6-10)3-5-8;;;/h7-8,11-14,16-17,25-28H,2-6,9-10,15,18-22H2,1H3;6-7,10-13,15-16,24-27H,1-5,8-9,14,17-21H2,(H,37,38);6-7,10-11,16-19H,1-5,8-9,12-15H2;2-5H,6,10H2,1H3;1H;;1H2/q;;;;;+1;/p-1/t26-,27+,28?;25-,26+,27?;17-,18+,19?;;;;. The molecular formula is C97H123Cl2N10NaO10. The van der Waals surface area contributed by atoms with Gasteiger partial charge in [-0.05, 0) is 231 Å². The zero-order valence-electron chi connectivity index (χ0n) is 70.7. The van der Waals surface area contributed by atoms with Gasteiger partial charge in [-0.3, -0.25) is 29.1 Å². The number of carbonyl (C=O) groups is 3. The van der Waals surface area contributed by atoms with Crippen molar-refractivity contribution in [2.24, 2.45) is 5.73 Å². The summed E-state index contributed by atoms with van der Waals surface area (Å²) in [4.78, 5) is 97.5. The van der Waals surface area contributed by atoms with E-state index in [2.05, 4.69) is 45.7 Å². The fourth-order valence-corrected chi connectivity index (χ4v) is 22.5. The molecule has 18 rings (SSSR count). The number of hydrogen-bond acceptors (Lipinski definition) is 16. The molecule has 6 bridgehead atoms. The molecule has 9 aliphatic rings. The number of carboxylic acid groups (broad SMARTS) is 1. The molecule has 23 heteroatoms. The summed E-state index contributed by atoms with van der Waals surface area (Å²) in [6.07, 6.45) is 45.4. The third-order valence-electron chi connectivity index (χ3n) is 27.8. The number of aromatic carboxylic acids is 1. The largest absolute Gasteiger partial charge is 1.00 e. The second-order valence-corrected chi connectivity index (χ2v) is 35.3. The molecule has 3 aromatic heterocycles. The summed E-state index contributed by atoms with van der Waals surface area (Å²) in [5.74, 6) is -1.58. The number of halogens is 2. The molecule has 3 unspecified atom stereocenters. The Labute approximate surface area is 740 Å². The molecule has 4 N–H and O–H groups in total. The summed E-state index contributed by atoms with van der Waals surface area (Å²) < 4.78 is 15.5. The van der Waals surface area contributed by atoms with E-state index in [0.29, 0.717) is 91.0 Å². The van der Waals surface area contributed by atoms with Gasteiger partial charge in [-0.15, -0.1) is 12.4 Å². The maximum atomic E-state index is 14.0. The molecule has 6 aliphatic heterocycles. The number of hydrogen-bond donors (Lipinski definition) is 2. The maximum absolute atomic E-state index is 14.0. The summed E-state index contributed by atoms with van der Waals surface area (Å²) in [5.41, 5.74) is 16.6. The molecule has 0 spiro atoms. The Kier molecular flexibility index (Phi) is 33.4. The first kappa shape index (κ1) is 91.7. The van der Waals surface area contributed by atoms with Crippen LogP contribution in [-0.2, 0) is 41.7 Å². The van der Waals surface area contributed by atoms with Gasteiger partial charge in [0, 0.05) is 79.0 Å². The minimum Gasteiger partial charge on any atom is -0.870 e. The molecule has 9 aromatic rings. The van der Waals surface area contributed by atoms with Gasteiger partial charge in [-0.2, -0.15) is 0 Å². The Hall–Kier alpha value is -7.47. The van der Waals surface area contributed by atoms with Crippen LogP contribution in [0.5, 0.6) is 0 Å². The number of carbonyl (C=O) groups excluding carboxylic acids is 2. The predicted molar refractivity (Wildman–Crippen MR) is 473 cm³/mol. The number of benzene rings is 6. The summed E-state index contributed by atoms with van der Waals surface area (Å²) in [6, 6.07) is 52.1. The van der Waals surface area contributed by atoms with Gasteiger partial charge in [-0.1, -0.05) is 181 Å². The minimum absolute atomic E-state index is 0. The van der Waals surface area contributed by atoms with E-state index in [1.54, 1.807) is 36.4 Å². The number of fused-ring (bicyclic) bond motifs is 9. The van der Waals surface area contributed by atoms with E-state index < -0.39 is 5.97 Å². The zero-order valence-corrected chi connectivity index (χ0v) is 74.3. The molecular weight excluding hydrogens is 1560 g/mol. The van der Waals surface area contributed by atoms with Crippen molar-refractivity contribution in [2.75, 3.05) is 14.2 Å². The molecule has 0 radical (unpaired) electrons. The molecule has 9 heterocycles. The molecule has 3 saturated carbocycles. The van der Waals surface area contributed by atoms with E-state index in [-0.39, 0.29) is 105 Å². The summed E-state index contributed by atoms with van der Waals surface area (Å²) >= 11 is 6.23. The number of methoxy groups -OCH3 is 2. The van der Waals surface area contributed by atoms with Gasteiger partial charge in [0.2, 0.25) is 0 Å². The van der Waals surface area contributed by atoms with Gasteiger partial charge in [0.1, 0.15) is 11.4 Å². The Morgan fingerprint density at radius 1 is 0.367 bits per heavy atom. The van der Waals surface area contributed by atoms with Crippen LogP contribution in [0.2, 0.25) is 5.15 Å². The smallest absolute Gasteiger partial charge is 0.870 e. The first-order valence-electron chi connectivity index (χ1n) is 44.6. The molecule has 9 fully saturated rings. The number of nitrogens with two attached hydrogens (primary N) is 1. The second kappa shape index (κ2) is 43.7. The van der Waals surface area contributed by atoms with E-state index in [0.717, 1.165) is 106 Å². The number of ether oxygens (including phenoxy) is 2. The van der Waals surface area contributed by atoms with Gasteiger partial charge in [0.05, 0.1) is 64.0 Å². The van der Waals surface area contributed by atoms with Crippen molar-refractivity contribution in [2.45, 2.75) is 317 Å². The Morgan fingerprint density at radius 2 is 0.642 bits per heavy atom. The van der Waals surface area contributed by atoms with Crippen LogP contribution < -0.4 is 52.0 Å². The molecule has 6 aromatic carbocycles. The summed E-state index contributed by atoms with van der Waals surface area (Å²) in [7, 11) is 2.75. The van der Waals surface area contributed by atoms with Crippen molar-refractivity contribution < 1.29 is 64.0 Å². The van der Waals surface area contributed by atoms with E-state index in [4.69, 9.17) is 32.0 Å². The SMILES string of the molecule is COC(=O)c1ccc(CCc2nc3ccccc3n(C3C[C@H]4CC[C@@H](C3)N4C3CCCCCCC3)c2=O)cc1.COC(=O)c1ccc(CN)cc1.Cl.O=C(O)c1ccc(CCc2nc3ccccc3n(C3C[C@H]4CC[C@@H](C3)N4C3CCCCCCC3)c2=O)cc1.O=c1c(Cl)nc2ccccc2n1C1C[C@H]2CC[C@@H](C1)N2C1CCCCCCC1.[Na+].[OH-]. The van der Waals surface area contributed by atoms with Crippen molar-refractivity contribution >= 4 is 75.0 Å². The van der Waals surface area contributed by atoms with Gasteiger partial charge in [0.25, 0.3) is 16.7 Å². The van der Waals surface area contributed by atoms with Gasteiger partial charge >= 0.3 is 47.5 Å². The number of carboxylic acids is 1. The zero-order chi connectivity index (χ0) is 80.9. The van der Waals surface area contributed by atoms with Crippen molar-refractivity contribution in [3.05, 3.63) is 227 Å². The van der Waals surface area contributed by atoms with Crippen LogP contribution in [0.15, 0.2) is 160 Å². The number of nitrogens with zero attached hydrogens (tertiary/aromatic N) is 9. The first-order valence-corrected chi connectivity index (χ1v) is 44.9. The quantitative estimate of drug-likeness (QED) is 0.0673. The number of aromatic nitrogens is 6. The van der Waals surface area contributed by atoms with Gasteiger partial charge in [-0.25, -0.2) is 29.3 Å². The average molecular weight is 1680 g/mol. The van der Waals surface area contributed by atoms with Crippen molar-refractivity contribution in [1.29, 1.82) is 0 Å². The number of rotatable bonds is 16. The Balaban J connectivity index is 0.000000154. The van der Waals surface area contributed by atoms with Crippen LogP contribution in [-0.4, -0.2) is 140 Å². The monoisotopic (exact) mass is 1680 g/mol. The number of piperidine rings is 3. The van der Waals surface area contributed by atoms with Gasteiger partial charge < -0.3 is 39.5 Å². The Morgan fingerprint density at radius 3 is 0.942 bits per heavy atom. The van der Waals surface area contributed by atoms with Crippen LogP contribution in [0, 0.1) is 0 Å². The predicted octanol–water partition coefficient (Wildman–Crippen LogP) is 15.9. The molecule has 3 aliphatic carbocycles. The first-order chi connectivity index (χ1) is 57.2. The molecule has 20 nitrogen and oxygen atoms in total. The third-order valence-corrected chi connectivity index (χ3v) is 28.1. The topological polar surface area (TPSA) is 260 Å². The van der Waals surface area contributed by atoms with E-state index in [1.807, 2.05) is 102 Å². The van der Waals surface area contributed by atoms with Crippen LogP contribution >= 0.6 is 24.0 Å². The summed E-state index contributed by atoms with van der Waals surface area (Å²) in [6.45, 7) is 0.488. The molecule has 9 atom stereocenters. The number of esters is 2. The van der Waals surface area contributed by atoms with Crippen LogP contribution in [0.25, 0.3) is 33.1 Å². The van der Waals surface area contributed by atoms with E-state index in [1.165, 1.54) is 188 Å².